The molecule has 2 saturated heterocycles. The Morgan fingerprint density at radius 1 is 0.933 bits per heavy atom. The highest BCUT2D eigenvalue weighted by Gasteiger charge is 2.27. The van der Waals surface area contributed by atoms with Crippen LogP contribution < -0.4 is 33.0 Å². The maximum Gasteiger partial charge on any atom is 0.407 e. The van der Waals surface area contributed by atoms with Crippen molar-refractivity contribution in [3.8, 4) is 0 Å². The van der Waals surface area contributed by atoms with Crippen LogP contribution in [0.1, 0.15) is 37.8 Å². The molecule has 0 atom stereocenters. The number of carbonyl (C=O) groups is 1. The van der Waals surface area contributed by atoms with E-state index < -0.39 is 23.2 Å². The lowest BCUT2D eigenvalue weighted by atomic mass is 10.1. The van der Waals surface area contributed by atoms with Gasteiger partial charge >= 0.3 is 23.2 Å². The van der Waals surface area contributed by atoms with Gasteiger partial charge in [0, 0.05) is 18.6 Å². The van der Waals surface area contributed by atoms with Gasteiger partial charge in [0.05, 0.1) is 13.2 Å². The second-order valence-corrected chi connectivity index (χ2v) is 7.49. The highest BCUT2D eigenvalue weighted by molar-refractivity contribution is 5.66. The standard InChI is InChI=1S/C18H30N6O6/c25-11-9-21-15(26)30-12-10-22-16(27)23(13-1-5-19-6-2-13)18(29)24(17(22)28)14-3-7-20-8-4-14/h13-14,19-20,25H,1-12H2,(H,21,26). The third-order valence-electron chi connectivity index (χ3n) is 5.56. The van der Waals surface area contributed by atoms with Gasteiger partial charge in [-0.2, -0.15) is 0 Å². The summed E-state index contributed by atoms with van der Waals surface area (Å²) in [5.41, 5.74) is -1.88. The summed E-state index contributed by atoms with van der Waals surface area (Å²) in [5.74, 6) is 0. The molecular formula is C18H30N6O6. The Morgan fingerprint density at radius 3 is 1.90 bits per heavy atom. The fourth-order valence-corrected chi connectivity index (χ4v) is 4.01. The summed E-state index contributed by atoms with van der Waals surface area (Å²) in [6, 6.07) is -0.556. The molecule has 168 valence electrons. The van der Waals surface area contributed by atoms with Gasteiger partial charge in [-0.25, -0.2) is 32.9 Å². The van der Waals surface area contributed by atoms with E-state index in [1.54, 1.807) is 0 Å². The highest BCUT2D eigenvalue weighted by atomic mass is 16.5. The van der Waals surface area contributed by atoms with E-state index >= 15 is 0 Å². The monoisotopic (exact) mass is 426 g/mol. The van der Waals surface area contributed by atoms with Crippen molar-refractivity contribution in [1.82, 2.24) is 29.7 Å². The second-order valence-electron chi connectivity index (χ2n) is 7.49. The van der Waals surface area contributed by atoms with Gasteiger partial charge in [-0.05, 0) is 51.9 Å². The van der Waals surface area contributed by atoms with Gasteiger partial charge in [0.2, 0.25) is 0 Å². The van der Waals surface area contributed by atoms with Gasteiger partial charge in [-0.15, -0.1) is 0 Å². The number of nitrogens with zero attached hydrogens (tertiary/aromatic N) is 3. The molecule has 1 aromatic rings. The molecule has 0 spiro atoms. The van der Waals surface area contributed by atoms with E-state index in [9.17, 15) is 19.2 Å². The van der Waals surface area contributed by atoms with Crippen molar-refractivity contribution in [2.45, 2.75) is 44.3 Å². The Hall–Kier alpha value is -2.44. The Morgan fingerprint density at radius 2 is 1.43 bits per heavy atom. The molecule has 1 amide bonds. The van der Waals surface area contributed by atoms with Crippen LogP contribution in [0.25, 0.3) is 0 Å². The minimum atomic E-state index is -0.748. The van der Waals surface area contributed by atoms with Crippen LogP contribution in [0.4, 0.5) is 4.79 Å². The van der Waals surface area contributed by atoms with Crippen LogP contribution in [0, 0.1) is 0 Å². The third-order valence-corrected chi connectivity index (χ3v) is 5.56. The predicted molar refractivity (Wildman–Crippen MR) is 108 cm³/mol. The maximum atomic E-state index is 13.2. The molecule has 0 bridgehead atoms. The van der Waals surface area contributed by atoms with Gasteiger partial charge in [-0.1, -0.05) is 0 Å². The first-order valence-corrected chi connectivity index (χ1v) is 10.5. The van der Waals surface area contributed by atoms with E-state index in [0.29, 0.717) is 51.9 Å². The van der Waals surface area contributed by atoms with E-state index in [1.807, 2.05) is 0 Å². The number of amides is 1. The van der Waals surface area contributed by atoms with Gasteiger partial charge in [0.1, 0.15) is 6.61 Å². The summed E-state index contributed by atoms with van der Waals surface area (Å²) in [7, 11) is 0. The van der Waals surface area contributed by atoms with Crippen LogP contribution in [0.5, 0.6) is 0 Å². The van der Waals surface area contributed by atoms with Gasteiger partial charge < -0.3 is 25.8 Å². The Balaban J connectivity index is 1.93. The topological polar surface area (TPSA) is 149 Å². The van der Waals surface area contributed by atoms with Crippen LogP contribution in [0.15, 0.2) is 14.4 Å². The third kappa shape index (κ3) is 4.99. The first-order valence-electron chi connectivity index (χ1n) is 10.5. The molecule has 0 aliphatic carbocycles. The van der Waals surface area contributed by atoms with Crippen molar-refractivity contribution in [3.63, 3.8) is 0 Å². The number of aliphatic hydroxyl groups excluding tert-OH is 1. The van der Waals surface area contributed by atoms with Crippen LogP contribution in [0.3, 0.4) is 0 Å². The summed E-state index contributed by atoms with van der Waals surface area (Å²) >= 11 is 0. The predicted octanol–water partition coefficient (Wildman–Crippen LogP) is -2.26. The molecule has 0 radical (unpaired) electrons. The van der Waals surface area contributed by atoms with Gasteiger partial charge in [-0.3, -0.25) is 0 Å². The fourth-order valence-electron chi connectivity index (χ4n) is 4.01. The zero-order chi connectivity index (χ0) is 21.5. The first-order chi connectivity index (χ1) is 14.5. The number of ether oxygens (including phenoxy) is 1. The zero-order valence-electron chi connectivity index (χ0n) is 17.0. The van der Waals surface area contributed by atoms with Gasteiger partial charge in [0.25, 0.3) is 0 Å². The minimum Gasteiger partial charge on any atom is -0.448 e. The number of aromatic nitrogens is 3. The molecule has 12 heteroatoms. The normalized spacial score (nSPS) is 18.3. The molecule has 2 fully saturated rings. The average Bonchev–Trinajstić information content (AvgIpc) is 2.76. The summed E-state index contributed by atoms with van der Waals surface area (Å²) in [6.07, 6.45) is 1.75. The SMILES string of the molecule is O=C(NCCO)OCCn1c(=O)n(C2CCNCC2)c(=O)n(C2CCNCC2)c1=O. The van der Waals surface area contributed by atoms with Crippen molar-refractivity contribution in [2.24, 2.45) is 0 Å². The maximum absolute atomic E-state index is 13.2. The molecule has 2 aliphatic heterocycles. The largest absolute Gasteiger partial charge is 0.448 e. The first kappa shape index (κ1) is 22.2. The molecule has 12 nitrogen and oxygen atoms in total. The Bertz CT molecular complexity index is 838. The van der Waals surface area contributed by atoms with Crippen molar-refractivity contribution >= 4 is 6.09 Å². The van der Waals surface area contributed by atoms with E-state index in [-0.39, 0.29) is 38.4 Å². The van der Waals surface area contributed by atoms with Crippen LogP contribution in [-0.4, -0.2) is 70.8 Å². The van der Waals surface area contributed by atoms with Crippen LogP contribution >= 0.6 is 0 Å². The second kappa shape index (κ2) is 10.5. The quantitative estimate of drug-likeness (QED) is 0.382. The van der Waals surface area contributed by atoms with Crippen LogP contribution in [0.2, 0.25) is 0 Å². The van der Waals surface area contributed by atoms with Crippen molar-refractivity contribution in [1.29, 1.82) is 0 Å². The smallest absolute Gasteiger partial charge is 0.407 e. The zero-order valence-corrected chi connectivity index (χ0v) is 17.0. The Labute approximate surface area is 172 Å². The molecule has 30 heavy (non-hydrogen) atoms. The number of alkyl carbamates (subject to hydrolysis) is 1. The van der Waals surface area contributed by atoms with E-state index in [1.165, 1.54) is 9.13 Å². The number of piperidine rings is 2. The number of aliphatic hydroxyl groups is 1. The van der Waals surface area contributed by atoms with E-state index in [2.05, 4.69) is 16.0 Å². The van der Waals surface area contributed by atoms with Crippen molar-refractivity contribution in [2.75, 3.05) is 45.9 Å². The summed E-state index contributed by atoms with van der Waals surface area (Å²) in [4.78, 5) is 50.9. The molecular weight excluding hydrogens is 396 g/mol. The number of carbonyl (C=O) groups excluding carboxylic acids is 1. The van der Waals surface area contributed by atoms with Crippen LogP contribution in [-0.2, 0) is 11.3 Å². The lowest BCUT2D eigenvalue weighted by molar-refractivity contribution is 0.137. The minimum absolute atomic E-state index is 0.0435. The fraction of sp³-hybridized carbons (Fsp3) is 0.778. The number of hydrogen-bond donors (Lipinski definition) is 4. The molecule has 1 aromatic heterocycles. The van der Waals surface area contributed by atoms with Crippen molar-refractivity contribution in [3.05, 3.63) is 31.5 Å². The summed E-state index contributed by atoms with van der Waals surface area (Å²) in [6.45, 7) is 2.23. The lowest BCUT2D eigenvalue weighted by Gasteiger charge is -2.28. The summed E-state index contributed by atoms with van der Waals surface area (Å²) in [5, 5.41) is 17.5. The number of hydrogen-bond acceptors (Lipinski definition) is 8. The average molecular weight is 426 g/mol. The Kier molecular flexibility index (Phi) is 7.82. The number of rotatable bonds is 7. The molecule has 3 rings (SSSR count). The van der Waals surface area contributed by atoms with E-state index in [4.69, 9.17) is 9.84 Å². The van der Waals surface area contributed by atoms with Crippen molar-refractivity contribution < 1.29 is 14.6 Å². The molecule has 0 unspecified atom stereocenters. The van der Waals surface area contributed by atoms with Gasteiger partial charge in [0.15, 0.2) is 0 Å². The lowest BCUT2D eigenvalue weighted by Crippen LogP contribution is -2.58. The molecule has 2 aliphatic rings. The number of nitrogens with one attached hydrogen (secondary N) is 3. The molecule has 0 saturated carbocycles. The molecule has 3 heterocycles. The summed E-state index contributed by atoms with van der Waals surface area (Å²) < 4.78 is 8.38. The molecule has 4 N–H and O–H groups in total. The molecule has 0 aromatic carbocycles. The highest BCUT2D eigenvalue weighted by Crippen LogP contribution is 2.16. The van der Waals surface area contributed by atoms with E-state index in [0.717, 1.165) is 4.57 Å².